The maximum atomic E-state index is 12.9. The van der Waals surface area contributed by atoms with Crippen LogP contribution >= 0.6 is 0 Å². The second-order valence-electron chi connectivity index (χ2n) is 7.65. The number of hydrogen-bond donors (Lipinski definition) is 2. The standard InChI is InChI=1S/C23H22F3N5O/c24-23(25,26)17-6-4-5-15(11-17)16-13-28-22(29-14-16)30-21(32)19-12-18(7-8-20(19)27)31-9-2-1-3-10-31/h4-8,11-14H,1-3,9-10,27H2,(H,28,29,30,32). The molecular formula is C23H22F3N5O. The van der Waals surface area contributed by atoms with Crippen LogP contribution < -0.4 is 16.0 Å². The molecule has 0 bridgehead atoms. The van der Waals surface area contributed by atoms with E-state index >= 15 is 0 Å². The number of benzene rings is 2. The van der Waals surface area contributed by atoms with Crippen molar-refractivity contribution < 1.29 is 18.0 Å². The van der Waals surface area contributed by atoms with Gasteiger partial charge in [0, 0.05) is 42.4 Å². The van der Waals surface area contributed by atoms with Crippen molar-refractivity contribution in [3.8, 4) is 11.1 Å². The summed E-state index contributed by atoms with van der Waals surface area (Å²) in [7, 11) is 0. The van der Waals surface area contributed by atoms with Gasteiger partial charge < -0.3 is 10.6 Å². The summed E-state index contributed by atoms with van der Waals surface area (Å²) in [6.45, 7) is 1.87. The molecule has 2 aromatic carbocycles. The zero-order valence-corrected chi connectivity index (χ0v) is 17.2. The van der Waals surface area contributed by atoms with Crippen LogP contribution in [0.25, 0.3) is 11.1 Å². The SMILES string of the molecule is Nc1ccc(N2CCCCC2)cc1C(=O)Nc1ncc(-c2cccc(C(F)(F)F)c2)cn1. The van der Waals surface area contributed by atoms with Crippen molar-refractivity contribution in [3.05, 3.63) is 66.0 Å². The normalized spacial score (nSPS) is 14.3. The fraction of sp³-hybridized carbons (Fsp3) is 0.261. The van der Waals surface area contributed by atoms with Gasteiger partial charge >= 0.3 is 6.18 Å². The second-order valence-corrected chi connectivity index (χ2v) is 7.65. The van der Waals surface area contributed by atoms with Crippen molar-refractivity contribution in [2.24, 2.45) is 0 Å². The average molecular weight is 441 g/mol. The van der Waals surface area contributed by atoms with E-state index in [9.17, 15) is 18.0 Å². The van der Waals surface area contributed by atoms with Crippen molar-refractivity contribution in [1.82, 2.24) is 9.97 Å². The van der Waals surface area contributed by atoms with Gasteiger partial charge in [-0.05, 0) is 55.2 Å². The number of piperidine rings is 1. The smallest absolute Gasteiger partial charge is 0.398 e. The molecule has 1 aliphatic rings. The first kappa shape index (κ1) is 21.6. The van der Waals surface area contributed by atoms with Crippen LogP contribution in [-0.2, 0) is 6.18 Å². The van der Waals surface area contributed by atoms with Gasteiger partial charge in [-0.15, -0.1) is 0 Å². The van der Waals surface area contributed by atoms with Crippen LogP contribution in [0.3, 0.4) is 0 Å². The molecule has 0 aliphatic carbocycles. The summed E-state index contributed by atoms with van der Waals surface area (Å²) < 4.78 is 38.8. The molecule has 0 spiro atoms. The number of rotatable bonds is 4. The highest BCUT2D eigenvalue weighted by molar-refractivity contribution is 6.07. The van der Waals surface area contributed by atoms with Gasteiger partial charge in [-0.1, -0.05) is 12.1 Å². The molecule has 0 radical (unpaired) electrons. The lowest BCUT2D eigenvalue weighted by Crippen LogP contribution is -2.29. The number of nitrogen functional groups attached to an aromatic ring is 1. The molecule has 9 heteroatoms. The van der Waals surface area contributed by atoms with Crippen molar-refractivity contribution >= 4 is 23.2 Å². The Labute approximate surface area is 183 Å². The molecule has 4 rings (SSSR count). The monoisotopic (exact) mass is 441 g/mol. The van der Waals surface area contributed by atoms with Gasteiger partial charge in [0.25, 0.3) is 5.91 Å². The zero-order valence-electron chi connectivity index (χ0n) is 17.2. The molecule has 1 amide bonds. The fourth-order valence-electron chi connectivity index (χ4n) is 3.68. The van der Waals surface area contributed by atoms with Crippen molar-refractivity contribution in [1.29, 1.82) is 0 Å². The first-order valence-corrected chi connectivity index (χ1v) is 10.3. The van der Waals surface area contributed by atoms with E-state index in [0.29, 0.717) is 22.4 Å². The molecule has 1 fully saturated rings. The van der Waals surface area contributed by atoms with Gasteiger partial charge in [-0.25, -0.2) is 9.97 Å². The summed E-state index contributed by atoms with van der Waals surface area (Å²) in [5.41, 5.74) is 7.58. The van der Waals surface area contributed by atoms with Crippen LogP contribution in [0.1, 0.15) is 35.2 Å². The summed E-state index contributed by atoms with van der Waals surface area (Å²) in [6, 6.07) is 10.3. The van der Waals surface area contributed by atoms with E-state index in [1.807, 2.05) is 6.07 Å². The van der Waals surface area contributed by atoms with E-state index in [-0.39, 0.29) is 5.95 Å². The molecule has 1 aromatic heterocycles. The lowest BCUT2D eigenvalue weighted by atomic mass is 10.1. The Balaban J connectivity index is 1.50. The molecule has 3 N–H and O–H groups in total. The largest absolute Gasteiger partial charge is 0.416 e. The molecule has 0 saturated carbocycles. The highest BCUT2D eigenvalue weighted by Crippen LogP contribution is 2.32. The van der Waals surface area contributed by atoms with E-state index in [1.165, 1.54) is 24.9 Å². The number of halogens is 3. The highest BCUT2D eigenvalue weighted by Gasteiger charge is 2.30. The van der Waals surface area contributed by atoms with E-state index < -0.39 is 17.6 Å². The number of anilines is 3. The average Bonchev–Trinajstić information content (AvgIpc) is 2.80. The third kappa shape index (κ3) is 4.82. The summed E-state index contributed by atoms with van der Waals surface area (Å²) in [5.74, 6) is -0.415. The first-order valence-electron chi connectivity index (χ1n) is 10.3. The van der Waals surface area contributed by atoms with Gasteiger partial charge in [-0.3, -0.25) is 10.1 Å². The Morgan fingerprint density at radius 1 is 0.969 bits per heavy atom. The van der Waals surface area contributed by atoms with E-state index in [0.717, 1.165) is 43.8 Å². The number of aromatic nitrogens is 2. The third-order valence-corrected chi connectivity index (χ3v) is 5.40. The number of amides is 1. The van der Waals surface area contributed by atoms with Gasteiger partial charge in [0.2, 0.25) is 5.95 Å². The predicted octanol–water partition coefficient (Wildman–Crippen LogP) is 4.99. The maximum absolute atomic E-state index is 12.9. The molecule has 1 aliphatic heterocycles. The van der Waals surface area contributed by atoms with Crippen LogP contribution in [-0.4, -0.2) is 29.0 Å². The zero-order chi connectivity index (χ0) is 22.7. The van der Waals surface area contributed by atoms with Gasteiger partial charge in [0.1, 0.15) is 0 Å². The third-order valence-electron chi connectivity index (χ3n) is 5.40. The Hall–Kier alpha value is -3.62. The molecule has 166 valence electrons. The fourth-order valence-corrected chi connectivity index (χ4v) is 3.68. The molecule has 32 heavy (non-hydrogen) atoms. The first-order chi connectivity index (χ1) is 15.3. The lowest BCUT2D eigenvalue weighted by Gasteiger charge is -2.29. The van der Waals surface area contributed by atoms with Crippen LogP contribution in [0.4, 0.5) is 30.5 Å². The summed E-state index contributed by atoms with van der Waals surface area (Å²) in [5, 5.41) is 2.60. The van der Waals surface area contributed by atoms with Crippen molar-refractivity contribution in [2.75, 3.05) is 29.0 Å². The van der Waals surface area contributed by atoms with Crippen LogP contribution in [0.5, 0.6) is 0 Å². The summed E-state index contributed by atoms with van der Waals surface area (Å²) in [6.07, 6.45) is 1.72. The molecule has 1 saturated heterocycles. The van der Waals surface area contributed by atoms with Gasteiger partial charge in [-0.2, -0.15) is 13.2 Å². The Bertz CT molecular complexity index is 1110. The lowest BCUT2D eigenvalue weighted by molar-refractivity contribution is -0.137. The van der Waals surface area contributed by atoms with Crippen LogP contribution in [0, 0.1) is 0 Å². The molecule has 3 aromatic rings. The minimum atomic E-state index is -4.44. The number of nitrogens with one attached hydrogen (secondary N) is 1. The quantitative estimate of drug-likeness (QED) is 0.558. The number of alkyl halides is 3. The topological polar surface area (TPSA) is 84.1 Å². The van der Waals surface area contributed by atoms with Crippen molar-refractivity contribution in [3.63, 3.8) is 0 Å². The summed E-state index contributed by atoms with van der Waals surface area (Å²) >= 11 is 0. The Kier molecular flexibility index (Phi) is 5.98. The van der Waals surface area contributed by atoms with Crippen LogP contribution in [0.15, 0.2) is 54.9 Å². The molecule has 0 unspecified atom stereocenters. The number of carbonyl (C=O) groups is 1. The van der Waals surface area contributed by atoms with Gasteiger partial charge in [0.15, 0.2) is 0 Å². The molecular weight excluding hydrogens is 419 g/mol. The second kappa shape index (κ2) is 8.86. The van der Waals surface area contributed by atoms with Crippen molar-refractivity contribution in [2.45, 2.75) is 25.4 Å². The molecule has 6 nitrogen and oxygen atoms in total. The number of nitrogens with zero attached hydrogens (tertiary/aromatic N) is 3. The Morgan fingerprint density at radius 2 is 1.69 bits per heavy atom. The Morgan fingerprint density at radius 3 is 2.38 bits per heavy atom. The number of nitrogens with two attached hydrogens (primary N) is 1. The predicted molar refractivity (Wildman–Crippen MR) is 117 cm³/mol. The molecule has 0 atom stereocenters. The van der Waals surface area contributed by atoms with E-state index in [2.05, 4.69) is 20.2 Å². The maximum Gasteiger partial charge on any atom is 0.416 e. The summed E-state index contributed by atoms with van der Waals surface area (Å²) in [4.78, 5) is 23.1. The van der Waals surface area contributed by atoms with Gasteiger partial charge in [0.05, 0.1) is 11.1 Å². The van der Waals surface area contributed by atoms with E-state index in [1.54, 1.807) is 18.2 Å². The number of hydrogen-bond acceptors (Lipinski definition) is 5. The molecule has 2 heterocycles. The number of carbonyl (C=O) groups excluding carboxylic acids is 1. The minimum Gasteiger partial charge on any atom is -0.398 e. The van der Waals surface area contributed by atoms with Crippen LogP contribution in [0.2, 0.25) is 0 Å². The highest BCUT2D eigenvalue weighted by atomic mass is 19.4. The van der Waals surface area contributed by atoms with E-state index in [4.69, 9.17) is 5.73 Å². The minimum absolute atomic E-state index is 0.0356.